The van der Waals surface area contributed by atoms with Crippen LogP contribution in [0.2, 0.25) is 0 Å². The molecule has 3 heterocycles. The summed E-state index contributed by atoms with van der Waals surface area (Å²) in [5.41, 5.74) is 6.22. The van der Waals surface area contributed by atoms with Crippen LogP contribution in [0.15, 0.2) is 51.7 Å². The van der Waals surface area contributed by atoms with Crippen LogP contribution in [0.25, 0.3) is 39.3 Å². The van der Waals surface area contributed by atoms with Crippen LogP contribution < -0.4 is 10.3 Å². The Kier molecular flexibility index (Phi) is 4.39. The third-order valence-electron chi connectivity index (χ3n) is 5.61. The lowest BCUT2D eigenvalue weighted by Gasteiger charge is -2.04. The van der Waals surface area contributed by atoms with Crippen LogP contribution in [0, 0.1) is 13.8 Å². The normalized spacial score (nSPS) is 11.5. The monoisotopic (exact) mass is 414 g/mol. The molecular formula is C24H22N4O3. The van der Waals surface area contributed by atoms with Crippen molar-refractivity contribution >= 4 is 16.7 Å². The van der Waals surface area contributed by atoms with E-state index in [-0.39, 0.29) is 11.4 Å². The van der Waals surface area contributed by atoms with Gasteiger partial charge in [-0.25, -0.2) is 14.5 Å². The van der Waals surface area contributed by atoms with Crippen molar-refractivity contribution in [2.75, 3.05) is 7.11 Å². The average Bonchev–Trinajstić information content (AvgIpc) is 3.35. The summed E-state index contributed by atoms with van der Waals surface area (Å²) in [6.07, 6.45) is 0.778. The average molecular weight is 414 g/mol. The first-order chi connectivity index (χ1) is 15.0. The van der Waals surface area contributed by atoms with Crippen molar-refractivity contribution in [3.8, 4) is 28.3 Å². The molecule has 0 bridgehead atoms. The number of H-pyrrole nitrogens is 1. The molecule has 0 aliphatic carbocycles. The van der Waals surface area contributed by atoms with E-state index in [1.807, 2.05) is 56.3 Å². The Morgan fingerprint density at radius 3 is 2.55 bits per heavy atom. The van der Waals surface area contributed by atoms with Gasteiger partial charge in [0.25, 0.3) is 5.56 Å². The number of nitrogens with zero attached hydrogens (tertiary/aromatic N) is 3. The smallest absolute Gasteiger partial charge is 0.285 e. The highest BCUT2D eigenvalue weighted by atomic mass is 16.5. The lowest BCUT2D eigenvalue weighted by atomic mass is 10.1. The largest absolute Gasteiger partial charge is 0.494 e. The quantitative estimate of drug-likeness (QED) is 0.461. The second-order valence-corrected chi connectivity index (χ2v) is 7.49. The maximum atomic E-state index is 13.5. The zero-order valence-electron chi connectivity index (χ0n) is 17.8. The number of hydrogen-bond donors (Lipinski definition) is 1. The molecule has 7 heteroatoms. The van der Waals surface area contributed by atoms with Gasteiger partial charge in [0.05, 0.1) is 12.8 Å². The zero-order valence-corrected chi connectivity index (χ0v) is 17.8. The number of hydrogen-bond acceptors (Lipinski definition) is 5. The molecule has 2 aromatic carbocycles. The van der Waals surface area contributed by atoms with Crippen molar-refractivity contribution in [1.29, 1.82) is 0 Å². The van der Waals surface area contributed by atoms with Gasteiger partial charge in [-0.3, -0.25) is 9.89 Å². The van der Waals surface area contributed by atoms with Crippen molar-refractivity contribution in [3.63, 3.8) is 0 Å². The van der Waals surface area contributed by atoms with Crippen LogP contribution in [0.1, 0.15) is 23.9 Å². The molecule has 7 nitrogen and oxygen atoms in total. The number of aryl methyl sites for hydroxylation is 3. The standard InChI is InChI=1S/C24H22N4O3/c1-5-15-11-12-17(30-4)20-21(15)31-23(26-20)19-13(2)25-22-18(16-9-7-6-8-10-16)14(3)27-28(22)24(19)29/h6-12,27H,5H2,1-4H3. The van der Waals surface area contributed by atoms with Gasteiger partial charge in [-0.05, 0) is 37.5 Å². The molecule has 0 atom stereocenters. The van der Waals surface area contributed by atoms with Gasteiger partial charge >= 0.3 is 0 Å². The minimum Gasteiger partial charge on any atom is -0.494 e. The molecule has 0 fully saturated rings. The van der Waals surface area contributed by atoms with E-state index in [0.29, 0.717) is 33.8 Å². The number of aromatic nitrogens is 4. The zero-order chi connectivity index (χ0) is 21.7. The van der Waals surface area contributed by atoms with Crippen LogP contribution in [0.4, 0.5) is 0 Å². The van der Waals surface area contributed by atoms with Crippen LogP contribution in [-0.2, 0) is 6.42 Å². The highest BCUT2D eigenvalue weighted by molar-refractivity contribution is 5.86. The number of oxazole rings is 1. The Morgan fingerprint density at radius 2 is 1.84 bits per heavy atom. The van der Waals surface area contributed by atoms with Crippen molar-refractivity contribution in [3.05, 3.63) is 69.8 Å². The maximum Gasteiger partial charge on any atom is 0.285 e. The van der Waals surface area contributed by atoms with Gasteiger partial charge < -0.3 is 9.15 Å². The molecule has 3 aromatic heterocycles. The lowest BCUT2D eigenvalue weighted by molar-refractivity contribution is 0.419. The summed E-state index contributed by atoms with van der Waals surface area (Å²) in [6, 6.07) is 13.7. The Morgan fingerprint density at radius 1 is 1.06 bits per heavy atom. The molecular weight excluding hydrogens is 392 g/mol. The van der Waals surface area contributed by atoms with Gasteiger partial charge in [0.2, 0.25) is 5.89 Å². The molecule has 1 N–H and O–H groups in total. The molecule has 0 radical (unpaired) electrons. The Balaban J connectivity index is 1.78. The topological polar surface area (TPSA) is 85.4 Å². The van der Waals surface area contributed by atoms with Gasteiger partial charge in [-0.15, -0.1) is 0 Å². The third kappa shape index (κ3) is 2.84. The first kappa shape index (κ1) is 19.1. The molecule has 5 aromatic rings. The van der Waals surface area contributed by atoms with E-state index in [1.165, 1.54) is 4.52 Å². The van der Waals surface area contributed by atoms with Crippen LogP contribution in [-0.4, -0.2) is 26.7 Å². The SMILES string of the molecule is CCc1ccc(OC)c2nc(-c3c(C)nc4c(-c5ccccc5)c(C)[nH]n4c3=O)oc12. The minimum absolute atomic E-state index is 0.243. The molecule has 31 heavy (non-hydrogen) atoms. The van der Waals surface area contributed by atoms with Crippen LogP contribution in [0.5, 0.6) is 5.75 Å². The number of ether oxygens (including phenoxy) is 1. The summed E-state index contributed by atoms with van der Waals surface area (Å²) in [6.45, 7) is 5.79. The summed E-state index contributed by atoms with van der Waals surface area (Å²) in [7, 11) is 1.59. The fourth-order valence-corrected chi connectivity index (χ4v) is 4.07. The maximum absolute atomic E-state index is 13.5. The van der Waals surface area contributed by atoms with E-state index in [2.05, 4.69) is 10.1 Å². The van der Waals surface area contributed by atoms with Crippen molar-refractivity contribution in [2.24, 2.45) is 0 Å². The van der Waals surface area contributed by atoms with E-state index >= 15 is 0 Å². The van der Waals surface area contributed by atoms with Crippen LogP contribution in [0.3, 0.4) is 0 Å². The molecule has 0 saturated heterocycles. The van der Waals surface area contributed by atoms with E-state index in [0.717, 1.165) is 28.8 Å². The van der Waals surface area contributed by atoms with Gasteiger partial charge in [0, 0.05) is 11.3 Å². The van der Waals surface area contributed by atoms with E-state index in [9.17, 15) is 4.79 Å². The van der Waals surface area contributed by atoms with Crippen molar-refractivity contribution in [1.82, 2.24) is 19.6 Å². The van der Waals surface area contributed by atoms with Crippen LogP contribution >= 0.6 is 0 Å². The fraction of sp³-hybridized carbons (Fsp3) is 0.208. The Labute approximate surface area is 178 Å². The van der Waals surface area contributed by atoms with E-state index in [4.69, 9.17) is 14.1 Å². The molecule has 0 aliphatic heterocycles. The predicted octanol–water partition coefficient (Wildman–Crippen LogP) is 4.69. The fourth-order valence-electron chi connectivity index (χ4n) is 4.07. The van der Waals surface area contributed by atoms with Gasteiger partial charge in [0.1, 0.15) is 11.3 Å². The van der Waals surface area contributed by atoms with E-state index in [1.54, 1.807) is 14.0 Å². The number of rotatable bonds is 4. The number of nitrogens with one attached hydrogen (secondary N) is 1. The molecule has 0 saturated carbocycles. The molecule has 0 aliphatic rings. The Hall–Kier alpha value is -3.87. The van der Waals surface area contributed by atoms with Crippen molar-refractivity contribution in [2.45, 2.75) is 27.2 Å². The highest BCUT2D eigenvalue weighted by Crippen LogP contribution is 2.33. The highest BCUT2D eigenvalue weighted by Gasteiger charge is 2.23. The first-order valence-electron chi connectivity index (χ1n) is 10.2. The second-order valence-electron chi connectivity index (χ2n) is 7.49. The molecule has 0 amide bonds. The number of aromatic amines is 1. The predicted molar refractivity (Wildman–Crippen MR) is 120 cm³/mol. The Bertz CT molecular complexity index is 1450. The summed E-state index contributed by atoms with van der Waals surface area (Å²) in [4.78, 5) is 22.9. The second kappa shape index (κ2) is 7.12. The minimum atomic E-state index is -0.253. The molecule has 5 rings (SSSR count). The van der Waals surface area contributed by atoms with Crippen molar-refractivity contribution < 1.29 is 9.15 Å². The number of fused-ring (bicyclic) bond motifs is 2. The number of methoxy groups -OCH3 is 1. The molecule has 0 spiro atoms. The summed E-state index contributed by atoms with van der Waals surface area (Å²) >= 11 is 0. The summed E-state index contributed by atoms with van der Waals surface area (Å²) in [5, 5.41) is 3.16. The molecule has 0 unspecified atom stereocenters. The van der Waals surface area contributed by atoms with E-state index < -0.39 is 0 Å². The summed E-state index contributed by atoms with van der Waals surface area (Å²) < 4.78 is 13.0. The lowest BCUT2D eigenvalue weighted by Crippen LogP contribution is -2.19. The number of benzene rings is 2. The third-order valence-corrected chi connectivity index (χ3v) is 5.61. The van der Waals surface area contributed by atoms with Gasteiger partial charge in [0.15, 0.2) is 16.7 Å². The van der Waals surface area contributed by atoms with Gasteiger partial charge in [-0.1, -0.05) is 43.3 Å². The first-order valence-corrected chi connectivity index (χ1v) is 10.2. The summed E-state index contributed by atoms with van der Waals surface area (Å²) in [5.74, 6) is 0.850. The molecule has 156 valence electrons. The van der Waals surface area contributed by atoms with Gasteiger partial charge in [-0.2, -0.15) is 0 Å².